The SMILES string of the molecule is CC(=O)Nc1cc(NC(=O)OC(C)(C)C)c(-c2cc(N3CCOCC3)n(C)n2)cn1. The van der Waals surface area contributed by atoms with Crippen LogP contribution in [0, 0.1) is 0 Å². The molecule has 10 nitrogen and oxygen atoms in total. The van der Waals surface area contributed by atoms with Gasteiger partial charge >= 0.3 is 6.09 Å². The van der Waals surface area contributed by atoms with Crippen LogP contribution in [0.2, 0.25) is 0 Å². The minimum Gasteiger partial charge on any atom is -0.444 e. The van der Waals surface area contributed by atoms with Gasteiger partial charge in [0, 0.05) is 51.0 Å². The number of anilines is 3. The highest BCUT2D eigenvalue weighted by molar-refractivity contribution is 5.94. The number of hydrogen-bond acceptors (Lipinski definition) is 7. The zero-order valence-corrected chi connectivity index (χ0v) is 18.0. The molecule has 0 unspecified atom stereocenters. The van der Waals surface area contributed by atoms with Crippen molar-refractivity contribution in [1.29, 1.82) is 0 Å². The van der Waals surface area contributed by atoms with Gasteiger partial charge in [0.05, 0.1) is 24.6 Å². The molecule has 2 amide bonds. The van der Waals surface area contributed by atoms with E-state index in [1.165, 1.54) is 6.92 Å². The Balaban J connectivity index is 1.94. The van der Waals surface area contributed by atoms with E-state index < -0.39 is 11.7 Å². The number of carbonyl (C=O) groups is 2. The highest BCUT2D eigenvalue weighted by Gasteiger charge is 2.21. The summed E-state index contributed by atoms with van der Waals surface area (Å²) in [5.41, 5.74) is 1.05. The molecule has 0 saturated carbocycles. The van der Waals surface area contributed by atoms with Crippen LogP contribution >= 0.6 is 0 Å². The third kappa shape index (κ3) is 5.47. The number of pyridine rings is 1. The molecule has 1 aliphatic rings. The summed E-state index contributed by atoms with van der Waals surface area (Å²) in [5, 5.41) is 9.98. The molecule has 2 aromatic heterocycles. The van der Waals surface area contributed by atoms with E-state index in [1.807, 2.05) is 13.1 Å². The maximum Gasteiger partial charge on any atom is 0.412 e. The van der Waals surface area contributed by atoms with Gasteiger partial charge in [0.25, 0.3) is 0 Å². The zero-order valence-electron chi connectivity index (χ0n) is 18.0. The van der Waals surface area contributed by atoms with Gasteiger partial charge in [0.1, 0.15) is 17.2 Å². The van der Waals surface area contributed by atoms with Gasteiger partial charge in [-0.05, 0) is 20.8 Å². The van der Waals surface area contributed by atoms with Gasteiger partial charge in [-0.2, -0.15) is 5.10 Å². The van der Waals surface area contributed by atoms with Gasteiger partial charge in [0.15, 0.2) is 0 Å². The van der Waals surface area contributed by atoms with Crippen molar-refractivity contribution in [1.82, 2.24) is 14.8 Å². The van der Waals surface area contributed by atoms with E-state index in [-0.39, 0.29) is 5.91 Å². The average molecular weight is 416 g/mol. The lowest BCUT2D eigenvalue weighted by Crippen LogP contribution is -2.37. The van der Waals surface area contributed by atoms with Crippen LogP contribution in [0.5, 0.6) is 0 Å². The Kier molecular flexibility index (Phi) is 6.25. The predicted octanol–water partition coefficient (Wildman–Crippen LogP) is 2.62. The molecule has 3 rings (SSSR count). The number of nitrogens with one attached hydrogen (secondary N) is 2. The van der Waals surface area contributed by atoms with E-state index >= 15 is 0 Å². The molecular weight excluding hydrogens is 388 g/mol. The molecule has 0 spiro atoms. The van der Waals surface area contributed by atoms with Crippen LogP contribution in [-0.4, -0.2) is 58.7 Å². The quantitative estimate of drug-likeness (QED) is 0.788. The van der Waals surface area contributed by atoms with Crippen LogP contribution in [0.4, 0.5) is 22.1 Å². The summed E-state index contributed by atoms with van der Waals surface area (Å²) >= 11 is 0. The van der Waals surface area contributed by atoms with Crippen LogP contribution in [0.15, 0.2) is 18.3 Å². The van der Waals surface area contributed by atoms with Gasteiger partial charge in [-0.1, -0.05) is 0 Å². The number of ether oxygens (including phenoxy) is 2. The standard InChI is InChI=1S/C20H28N6O4/c1-13(27)22-17-10-15(23-19(28)30-20(2,3)4)14(12-21-17)16-11-18(25(5)24-16)26-6-8-29-9-7-26/h10-12H,6-9H2,1-5H3,(H2,21,22,23,27,28). The zero-order chi connectivity index (χ0) is 21.9. The number of carbonyl (C=O) groups excluding carboxylic acids is 2. The summed E-state index contributed by atoms with van der Waals surface area (Å²) in [6.45, 7) is 9.65. The Morgan fingerprint density at radius 2 is 1.87 bits per heavy atom. The summed E-state index contributed by atoms with van der Waals surface area (Å²) in [6, 6.07) is 3.53. The number of nitrogens with zero attached hydrogens (tertiary/aromatic N) is 4. The lowest BCUT2D eigenvalue weighted by molar-refractivity contribution is -0.114. The summed E-state index contributed by atoms with van der Waals surface area (Å²) in [6.07, 6.45) is 0.969. The second-order valence-electron chi connectivity index (χ2n) is 8.03. The first kappa shape index (κ1) is 21.6. The van der Waals surface area contributed by atoms with Crippen LogP contribution in [-0.2, 0) is 21.3 Å². The molecule has 30 heavy (non-hydrogen) atoms. The number of aryl methyl sites for hydroxylation is 1. The third-order valence-corrected chi connectivity index (χ3v) is 4.31. The average Bonchev–Trinajstić information content (AvgIpc) is 3.02. The molecule has 3 heterocycles. The molecule has 2 N–H and O–H groups in total. The molecule has 2 aromatic rings. The summed E-state index contributed by atoms with van der Waals surface area (Å²) in [4.78, 5) is 30.3. The minimum absolute atomic E-state index is 0.258. The van der Waals surface area contributed by atoms with Gasteiger partial charge in [-0.25, -0.2) is 9.78 Å². The maximum atomic E-state index is 12.4. The van der Waals surface area contributed by atoms with Crippen LogP contribution in [0.25, 0.3) is 11.3 Å². The summed E-state index contributed by atoms with van der Waals surface area (Å²) in [5.74, 6) is 1.01. The molecule has 1 saturated heterocycles. The van der Waals surface area contributed by atoms with Crippen LogP contribution in [0.1, 0.15) is 27.7 Å². The fourth-order valence-electron chi connectivity index (χ4n) is 3.10. The monoisotopic (exact) mass is 416 g/mol. The molecule has 0 aromatic carbocycles. The van der Waals surface area contributed by atoms with Crippen molar-refractivity contribution >= 4 is 29.3 Å². The van der Waals surface area contributed by atoms with Crippen molar-refractivity contribution in [2.45, 2.75) is 33.3 Å². The Morgan fingerprint density at radius 1 is 1.17 bits per heavy atom. The first-order valence-electron chi connectivity index (χ1n) is 9.77. The highest BCUT2D eigenvalue weighted by Crippen LogP contribution is 2.31. The maximum absolute atomic E-state index is 12.4. The second-order valence-corrected chi connectivity index (χ2v) is 8.03. The Hall–Kier alpha value is -3.14. The van der Waals surface area contributed by atoms with Gasteiger partial charge < -0.3 is 19.7 Å². The Morgan fingerprint density at radius 3 is 2.50 bits per heavy atom. The third-order valence-electron chi connectivity index (χ3n) is 4.31. The normalized spacial score (nSPS) is 14.4. The van der Waals surface area contributed by atoms with Gasteiger partial charge in [-0.15, -0.1) is 0 Å². The fraction of sp³-hybridized carbons (Fsp3) is 0.500. The number of rotatable bonds is 4. The van der Waals surface area contributed by atoms with E-state index in [0.717, 1.165) is 18.9 Å². The Bertz CT molecular complexity index is 928. The molecular formula is C20H28N6O4. The van der Waals surface area contributed by atoms with E-state index in [4.69, 9.17) is 9.47 Å². The second kappa shape index (κ2) is 8.70. The van der Waals surface area contributed by atoms with Crippen molar-refractivity contribution < 1.29 is 19.1 Å². The van der Waals surface area contributed by atoms with Gasteiger partial charge in [0.2, 0.25) is 5.91 Å². The smallest absolute Gasteiger partial charge is 0.412 e. The molecule has 162 valence electrons. The predicted molar refractivity (Wildman–Crippen MR) is 114 cm³/mol. The summed E-state index contributed by atoms with van der Waals surface area (Å²) < 4.78 is 12.6. The number of hydrogen-bond donors (Lipinski definition) is 2. The number of morpholine rings is 1. The van der Waals surface area contributed by atoms with E-state index in [0.29, 0.717) is 36.0 Å². The molecule has 0 radical (unpaired) electrons. The van der Waals surface area contributed by atoms with Crippen molar-refractivity contribution in [3.8, 4) is 11.3 Å². The lowest BCUT2D eigenvalue weighted by Gasteiger charge is -2.28. The molecule has 10 heteroatoms. The van der Waals surface area contributed by atoms with Crippen molar-refractivity contribution in [3.05, 3.63) is 18.3 Å². The topological polar surface area (TPSA) is 111 Å². The van der Waals surface area contributed by atoms with Gasteiger partial charge in [-0.3, -0.25) is 14.8 Å². The first-order chi connectivity index (χ1) is 14.1. The highest BCUT2D eigenvalue weighted by atomic mass is 16.6. The Labute approximate surface area is 175 Å². The van der Waals surface area contributed by atoms with Crippen LogP contribution in [0.3, 0.4) is 0 Å². The van der Waals surface area contributed by atoms with Crippen molar-refractivity contribution in [2.75, 3.05) is 41.8 Å². The largest absolute Gasteiger partial charge is 0.444 e. The van der Waals surface area contributed by atoms with Crippen molar-refractivity contribution in [2.24, 2.45) is 7.05 Å². The lowest BCUT2D eigenvalue weighted by atomic mass is 10.1. The fourth-order valence-corrected chi connectivity index (χ4v) is 3.10. The van der Waals surface area contributed by atoms with Crippen LogP contribution < -0.4 is 15.5 Å². The number of aromatic nitrogens is 3. The van der Waals surface area contributed by atoms with Crippen molar-refractivity contribution in [3.63, 3.8) is 0 Å². The molecule has 0 atom stereocenters. The molecule has 1 fully saturated rings. The first-order valence-corrected chi connectivity index (χ1v) is 9.77. The van der Waals surface area contributed by atoms with E-state index in [2.05, 4.69) is 25.6 Å². The van der Waals surface area contributed by atoms with E-state index in [1.54, 1.807) is 37.7 Å². The minimum atomic E-state index is -0.647. The number of amides is 2. The molecule has 0 aliphatic carbocycles. The molecule has 0 bridgehead atoms. The molecule has 1 aliphatic heterocycles. The summed E-state index contributed by atoms with van der Waals surface area (Å²) in [7, 11) is 1.87. The van der Waals surface area contributed by atoms with E-state index in [9.17, 15) is 9.59 Å².